The predicted molar refractivity (Wildman–Crippen MR) is 211 cm³/mol. The molecule has 0 spiro atoms. The topological polar surface area (TPSA) is 334 Å². The number of fused-ring (bicyclic) bond motifs is 1. The third-order valence-corrected chi connectivity index (χ3v) is 10.8. The van der Waals surface area contributed by atoms with Crippen LogP contribution < -0.4 is 14.9 Å². The number of aliphatic hydroxyl groups is 8. The van der Waals surface area contributed by atoms with Crippen LogP contribution in [0.1, 0.15) is 19.4 Å². The van der Waals surface area contributed by atoms with Gasteiger partial charge in [-0.1, -0.05) is 12.1 Å². The van der Waals surface area contributed by atoms with Gasteiger partial charge in [-0.05, 0) is 61.9 Å². The van der Waals surface area contributed by atoms with Crippen molar-refractivity contribution < 1.29 is 98.5 Å². The van der Waals surface area contributed by atoms with E-state index in [9.17, 15) is 65.8 Å². The van der Waals surface area contributed by atoms with Gasteiger partial charge in [-0.3, -0.25) is 4.79 Å². The molecule has 3 fully saturated rings. The quantitative estimate of drug-likeness (QED) is 0.0641. The van der Waals surface area contributed by atoms with Crippen LogP contribution in [-0.4, -0.2) is 161 Å². The van der Waals surface area contributed by atoms with E-state index in [1.807, 2.05) is 0 Å². The zero-order chi connectivity index (χ0) is 45.4. The summed E-state index contributed by atoms with van der Waals surface area (Å²) in [5.74, 6) is -3.26. The Morgan fingerprint density at radius 3 is 1.86 bits per heavy atom. The number of rotatable bonds is 11. The fourth-order valence-electron chi connectivity index (χ4n) is 7.14. The molecule has 0 saturated carbocycles. The summed E-state index contributed by atoms with van der Waals surface area (Å²) in [6.45, 7) is 2.13. The van der Waals surface area contributed by atoms with E-state index < -0.39 is 127 Å². The Kier molecular flexibility index (Phi) is 13.6. The maximum atomic E-state index is 14.3. The summed E-state index contributed by atoms with van der Waals surface area (Å²) in [7, 11) is 0. The van der Waals surface area contributed by atoms with Crippen molar-refractivity contribution in [1.82, 2.24) is 0 Å². The third-order valence-electron chi connectivity index (χ3n) is 10.8. The first kappa shape index (κ1) is 45.6. The second-order valence-electron chi connectivity index (χ2n) is 15.2. The maximum absolute atomic E-state index is 14.3. The monoisotopic (exact) mass is 886 g/mol. The summed E-state index contributed by atoms with van der Waals surface area (Å²) in [5, 5.41) is 115. The molecule has 21 heteroatoms. The van der Waals surface area contributed by atoms with Gasteiger partial charge in [0.1, 0.15) is 88.9 Å². The lowest BCUT2D eigenvalue weighted by molar-refractivity contribution is -0.319. The Labute approximate surface area is 356 Å². The SMILES string of the molecule is C[C@@H]1O[C@@H](OC[C@H]2O[C@@H](Oc3c(-c4ccc(O)cc4)oc4cc(O[C@@H]5O[C@@H](C)[C@H](O)[C@@H](O)[C@H]5O)cc(O)c4c3=O)[C@H](O)[C@@H](O)[C@H]2OC(=O)/C=C/c2ccc(O)cc2)[C@H](O)[C@H](O)[C@H]1O. The van der Waals surface area contributed by atoms with Crippen LogP contribution in [0.4, 0.5) is 0 Å². The van der Waals surface area contributed by atoms with E-state index in [0.29, 0.717) is 5.56 Å². The summed E-state index contributed by atoms with van der Waals surface area (Å²) in [6.07, 6.45) is -22.0. The van der Waals surface area contributed by atoms with Crippen LogP contribution in [0, 0.1) is 0 Å². The molecule has 0 unspecified atom stereocenters. The van der Waals surface area contributed by atoms with Crippen LogP contribution in [0.2, 0.25) is 0 Å². The minimum atomic E-state index is -2.10. The summed E-state index contributed by atoms with van der Waals surface area (Å²) in [5.41, 5.74) is -0.796. The smallest absolute Gasteiger partial charge is 0.331 e. The van der Waals surface area contributed by atoms with E-state index in [1.165, 1.54) is 68.5 Å². The summed E-state index contributed by atoms with van der Waals surface area (Å²) < 4.78 is 45.9. The average Bonchev–Trinajstić information content (AvgIpc) is 3.25. The molecule has 0 bridgehead atoms. The first-order chi connectivity index (χ1) is 29.9. The van der Waals surface area contributed by atoms with E-state index in [0.717, 1.165) is 18.2 Å². The number of aliphatic hydroxyl groups excluding tert-OH is 8. The van der Waals surface area contributed by atoms with Gasteiger partial charge in [0, 0.05) is 23.8 Å². The van der Waals surface area contributed by atoms with E-state index in [-0.39, 0.29) is 34.2 Å². The molecule has 3 aromatic carbocycles. The molecule has 3 saturated heterocycles. The Bertz CT molecular complexity index is 2320. The third kappa shape index (κ3) is 9.60. The lowest BCUT2D eigenvalue weighted by atomic mass is 9.98. The van der Waals surface area contributed by atoms with Gasteiger partial charge < -0.3 is 93.7 Å². The zero-order valence-corrected chi connectivity index (χ0v) is 33.3. The molecule has 4 aromatic rings. The number of phenols is 3. The van der Waals surface area contributed by atoms with Crippen molar-refractivity contribution in [3.63, 3.8) is 0 Å². The fraction of sp³-hybridized carbons (Fsp3) is 0.429. The first-order valence-corrected chi connectivity index (χ1v) is 19.6. The van der Waals surface area contributed by atoms with Crippen LogP contribution >= 0.6 is 0 Å². The summed E-state index contributed by atoms with van der Waals surface area (Å²) in [6, 6.07) is 13.0. The van der Waals surface area contributed by atoms with Crippen LogP contribution in [0.5, 0.6) is 28.7 Å². The largest absolute Gasteiger partial charge is 0.508 e. The average molecular weight is 887 g/mol. The second kappa shape index (κ2) is 18.8. The number of hydrogen-bond donors (Lipinski definition) is 11. The van der Waals surface area contributed by atoms with E-state index in [2.05, 4.69) is 0 Å². The van der Waals surface area contributed by atoms with Crippen molar-refractivity contribution in [3.8, 4) is 40.1 Å². The Morgan fingerprint density at radius 1 is 0.667 bits per heavy atom. The molecular weight excluding hydrogens is 840 g/mol. The van der Waals surface area contributed by atoms with Crippen molar-refractivity contribution >= 4 is 23.0 Å². The molecule has 3 aliphatic heterocycles. The highest BCUT2D eigenvalue weighted by Crippen LogP contribution is 2.39. The van der Waals surface area contributed by atoms with Gasteiger partial charge in [0.15, 0.2) is 18.2 Å². The molecule has 21 nitrogen and oxygen atoms in total. The van der Waals surface area contributed by atoms with Crippen molar-refractivity contribution in [3.05, 3.63) is 82.5 Å². The number of ether oxygens (including phenoxy) is 7. The Hall–Kier alpha value is -5.40. The highest BCUT2D eigenvalue weighted by molar-refractivity contribution is 5.88. The molecule has 0 aliphatic carbocycles. The van der Waals surface area contributed by atoms with Crippen LogP contribution in [0.15, 0.2) is 76.0 Å². The fourth-order valence-corrected chi connectivity index (χ4v) is 7.14. The molecule has 11 N–H and O–H groups in total. The molecule has 15 atom stereocenters. The molecule has 4 heterocycles. The number of carbonyl (C=O) groups excluding carboxylic acids is 1. The highest BCUT2D eigenvalue weighted by atomic mass is 16.7. The van der Waals surface area contributed by atoms with Gasteiger partial charge in [-0.2, -0.15) is 0 Å². The molecule has 63 heavy (non-hydrogen) atoms. The summed E-state index contributed by atoms with van der Waals surface area (Å²) in [4.78, 5) is 27.4. The lowest BCUT2D eigenvalue weighted by Gasteiger charge is -2.43. The lowest BCUT2D eigenvalue weighted by Crippen LogP contribution is -2.62. The number of benzene rings is 3. The Balaban J connectivity index is 1.21. The van der Waals surface area contributed by atoms with Crippen LogP contribution in [-0.2, 0) is 28.5 Å². The van der Waals surface area contributed by atoms with Crippen LogP contribution in [0.25, 0.3) is 28.4 Å². The Morgan fingerprint density at radius 2 is 1.22 bits per heavy atom. The number of phenolic OH excluding ortho intramolecular Hbond substituents is 3. The van der Waals surface area contributed by atoms with E-state index in [1.54, 1.807) is 0 Å². The molecule has 0 radical (unpaired) electrons. The van der Waals surface area contributed by atoms with Gasteiger partial charge in [0.05, 0.1) is 18.8 Å². The molecule has 3 aliphatic rings. The predicted octanol–water partition coefficient (Wildman–Crippen LogP) is -0.922. The molecule has 1 aromatic heterocycles. The standard InChI is InChI=1S/C42H46O21/c1-16-28(47)31(50)34(53)40(57-16)56-15-25-38(62-26(46)12-5-18-3-8-20(43)9-4-18)33(52)36(55)42(61-25)63-39-30(49)27-23(45)13-22(59-41-35(54)32(51)29(48)17(2)58-41)14-24(27)60-37(39)19-6-10-21(44)11-7-19/h3-14,16-17,25,28-29,31-36,38,40-45,47-48,50-55H,15H2,1-2H3/b12-5+/t16-,17-,25+,28-,29-,31+,32+,33+,34+,35+,36+,38-,40+,41-,42-/m0/s1. The minimum Gasteiger partial charge on any atom is -0.508 e. The molecule has 340 valence electrons. The summed E-state index contributed by atoms with van der Waals surface area (Å²) >= 11 is 0. The van der Waals surface area contributed by atoms with Gasteiger partial charge in [-0.25, -0.2) is 4.79 Å². The van der Waals surface area contributed by atoms with Gasteiger partial charge in [0.25, 0.3) is 0 Å². The van der Waals surface area contributed by atoms with E-state index in [4.69, 9.17) is 37.6 Å². The van der Waals surface area contributed by atoms with Crippen molar-refractivity contribution in [2.75, 3.05) is 6.61 Å². The van der Waals surface area contributed by atoms with Gasteiger partial charge >= 0.3 is 5.97 Å². The van der Waals surface area contributed by atoms with Crippen molar-refractivity contribution in [2.24, 2.45) is 0 Å². The second-order valence-corrected chi connectivity index (χ2v) is 15.2. The van der Waals surface area contributed by atoms with Crippen molar-refractivity contribution in [1.29, 1.82) is 0 Å². The van der Waals surface area contributed by atoms with Crippen molar-refractivity contribution in [2.45, 2.75) is 106 Å². The zero-order valence-electron chi connectivity index (χ0n) is 33.3. The number of carbonyl (C=O) groups is 1. The number of hydrogen-bond acceptors (Lipinski definition) is 21. The highest BCUT2D eigenvalue weighted by Gasteiger charge is 2.50. The number of esters is 1. The van der Waals surface area contributed by atoms with Crippen LogP contribution in [0.3, 0.4) is 0 Å². The maximum Gasteiger partial charge on any atom is 0.331 e. The molecule has 0 amide bonds. The van der Waals surface area contributed by atoms with Gasteiger partial charge in [0.2, 0.25) is 23.8 Å². The number of aromatic hydroxyl groups is 3. The molecule has 7 rings (SSSR count). The molecular formula is C42H46O21. The van der Waals surface area contributed by atoms with Gasteiger partial charge in [-0.15, -0.1) is 0 Å². The first-order valence-electron chi connectivity index (χ1n) is 19.6. The normalized spacial score (nSPS) is 33.6. The minimum absolute atomic E-state index is 0.0202. The van der Waals surface area contributed by atoms with E-state index >= 15 is 0 Å².